The van der Waals surface area contributed by atoms with Gasteiger partial charge >= 0.3 is 0 Å². The molecule has 2 aromatic heterocycles. The fourth-order valence-corrected chi connectivity index (χ4v) is 4.38. The highest BCUT2D eigenvalue weighted by Crippen LogP contribution is 2.38. The monoisotopic (exact) mass is 509 g/mol. The molecule has 0 aliphatic heterocycles. The molecule has 3 aromatic carbocycles. The maximum absolute atomic E-state index is 13.7. The van der Waals surface area contributed by atoms with Crippen molar-refractivity contribution in [2.24, 2.45) is 5.92 Å². The zero-order valence-electron chi connectivity index (χ0n) is 22.4. The lowest BCUT2D eigenvalue weighted by atomic mass is 9.85. The number of nitrogens with zero attached hydrogens (tertiary/aromatic N) is 3. The Labute approximate surface area is 223 Å². The molecule has 0 saturated heterocycles. The predicted molar refractivity (Wildman–Crippen MR) is 149 cm³/mol. The molecule has 7 heteroatoms. The molecule has 38 heavy (non-hydrogen) atoms. The van der Waals surface area contributed by atoms with Crippen molar-refractivity contribution in [3.8, 4) is 17.3 Å². The molecule has 0 amide bonds. The van der Waals surface area contributed by atoms with Crippen molar-refractivity contribution in [3.63, 3.8) is 0 Å². The SMILES string of the molecule is CC(C)C[NH3+].Cc1nn(-c2ccccc2)c([O-])c1C(c1ccccc1)c1c(C)[nH]n(-c2ccccc2)c1=O. The molecule has 0 radical (unpaired) electrons. The maximum atomic E-state index is 13.7. The summed E-state index contributed by atoms with van der Waals surface area (Å²) in [7, 11) is 0. The molecule has 0 spiro atoms. The average Bonchev–Trinajstić information content (AvgIpc) is 3.41. The molecule has 0 saturated carbocycles. The van der Waals surface area contributed by atoms with E-state index in [-0.39, 0.29) is 11.4 Å². The van der Waals surface area contributed by atoms with Gasteiger partial charge in [0.15, 0.2) is 0 Å². The lowest BCUT2D eigenvalue weighted by Crippen LogP contribution is -2.52. The van der Waals surface area contributed by atoms with Gasteiger partial charge in [0, 0.05) is 17.5 Å². The summed E-state index contributed by atoms with van der Waals surface area (Å²) in [6.45, 7) is 9.07. The Morgan fingerprint density at radius 3 is 1.87 bits per heavy atom. The van der Waals surface area contributed by atoms with Gasteiger partial charge in [-0.05, 0) is 55.1 Å². The Bertz CT molecular complexity index is 1520. The van der Waals surface area contributed by atoms with Gasteiger partial charge in [0.05, 0.1) is 29.2 Å². The van der Waals surface area contributed by atoms with E-state index >= 15 is 0 Å². The highest BCUT2D eigenvalue weighted by atomic mass is 16.3. The van der Waals surface area contributed by atoms with Crippen LogP contribution in [0.5, 0.6) is 5.88 Å². The van der Waals surface area contributed by atoms with Crippen LogP contribution in [-0.2, 0) is 0 Å². The fraction of sp³-hybridized carbons (Fsp3) is 0.226. The molecule has 196 valence electrons. The normalized spacial score (nSPS) is 11.7. The zero-order valence-corrected chi connectivity index (χ0v) is 22.4. The second-order valence-electron chi connectivity index (χ2n) is 9.70. The number of aromatic nitrogens is 4. The molecule has 0 aliphatic rings. The molecule has 5 rings (SSSR count). The van der Waals surface area contributed by atoms with E-state index in [1.54, 1.807) is 0 Å². The van der Waals surface area contributed by atoms with Gasteiger partial charge in [-0.25, -0.2) is 9.36 Å². The molecule has 0 aliphatic carbocycles. The Morgan fingerprint density at radius 2 is 1.34 bits per heavy atom. The van der Waals surface area contributed by atoms with Crippen molar-refractivity contribution < 1.29 is 10.8 Å². The number of benzene rings is 3. The smallest absolute Gasteiger partial charge is 0.275 e. The Balaban J connectivity index is 0.000000617. The molecular weight excluding hydrogens is 474 g/mol. The van der Waals surface area contributed by atoms with Gasteiger partial charge in [-0.15, -0.1) is 0 Å². The van der Waals surface area contributed by atoms with Gasteiger partial charge in [-0.2, -0.15) is 5.10 Å². The lowest BCUT2D eigenvalue weighted by molar-refractivity contribution is -0.376. The van der Waals surface area contributed by atoms with Crippen LogP contribution in [0.2, 0.25) is 0 Å². The zero-order chi connectivity index (χ0) is 27.2. The molecule has 1 atom stereocenters. The van der Waals surface area contributed by atoms with E-state index in [1.807, 2.05) is 105 Å². The van der Waals surface area contributed by atoms with E-state index in [2.05, 4.69) is 29.8 Å². The lowest BCUT2D eigenvalue weighted by Gasteiger charge is -2.21. The van der Waals surface area contributed by atoms with Crippen molar-refractivity contribution in [1.29, 1.82) is 0 Å². The average molecular weight is 510 g/mol. The summed E-state index contributed by atoms with van der Waals surface area (Å²) in [5, 5.41) is 21.4. The van der Waals surface area contributed by atoms with Crippen LogP contribution in [0.15, 0.2) is 95.8 Å². The van der Waals surface area contributed by atoms with Crippen LogP contribution >= 0.6 is 0 Å². The van der Waals surface area contributed by atoms with Gasteiger partial charge in [0.2, 0.25) is 0 Å². The van der Waals surface area contributed by atoms with Crippen LogP contribution in [0.25, 0.3) is 11.4 Å². The molecule has 7 nitrogen and oxygen atoms in total. The van der Waals surface area contributed by atoms with E-state index in [9.17, 15) is 9.90 Å². The van der Waals surface area contributed by atoms with Crippen LogP contribution in [0.3, 0.4) is 0 Å². The molecule has 4 N–H and O–H groups in total. The number of quaternary nitrogens is 1. The second kappa shape index (κ2) is 11.8. The number of nitrogens with one attached hydrogen (secondary N) is 1. The quantitative estimate of drug-likeness (QED) is 0.360. The Hall–Kier alpha value is -4.36. The van der Waals surface area contributed by atoms with Gasteiger partial charge in [-0.1, -0.05) is 80.6 Å². The number of H-pyrrole nitrogens is 1. The first kappa shape index (κ1) is 26.7. The van der Waals surface area contributed by atoms with Crippen molar-refractivity contribution in [2.45, 2.75) is 33.6 Å². The third-order valence-corrected chi connectivity index (χ3v) is 6.48. The summed E-state index contributed by atoms with van der Waals surface area (Å²) in [5.74, 6) is -0.00121. The van der Waals surface area contributed by atoms with Crippen molar-refractivity contribution in [1.82, 2.24) is 19.6 Å². The van der Waals surface area contributed by atoms with Gasteiger partial charge < -0.3 is 10.8 Å². The molecule has 0 fully saturated rings. The number of hydrogen-bond acceptors (Lipinski definition) is 3. The minimum Gasteiger partial charge on any atom is -0.858 e. The van der Waals surface area contributed by atoms with Crippen LogP contribution in [-0.4, -0.2) is 26.1 Å². The van der Waals surface area contributed by atoms with Crippen molar-refractivity contribution >= 4 is 0 Å². The summed E-state index contributed by atoms with van der Waals surface area (Å²) in [5.41, 5.74) is 8.16. The molecule has 2 heterocycles. The first-order valence-electron chi connectivity index (χ1n) is 12.9. The summed E-state index contributed by atoms with van der Waals surface area (Å²) < 4.78 is 2.94. The maximum Gasteiger partial charge on any atom is 0.275 e. The van der Waals surface area contributed by atoms with Crippen LogP contribution in [0.4, 0.5) is 0 Å². The molecule has 1 unspecified atom stereocenters. The van der Waals surface area contributed by atoms with E-state index in [0.717, 1.165) is 23.7 Å². The number of aryl methyl sites for hydroxylation is 2. The van der Waals surface area contributed by atoms with Crippen LogP contribution < -0.4 is 16.4 Å². The first-order chi connectivity index (χ1) is 18.3. The molecule has 5 aromatic rings. The highest BCUT2D eigenvalue weighted by molar-refractivity contribution is 5.52. The molecule has 0 bridgehead atoms. The van der Waals surface area contributed by atoms with Crippen molar-refractivity contribution in [2.75, 3.05) is 6.54 Å². The standard InChI is InChI=1S/C27H24N4O2.C4H11N/c1-18-23(26(32)30(28-18)21-14-8-4-9-15-21)25(20-12-6-3-7-13-20)24-19(2)29-31(27(24)33)22-16-10-5-11-17-22;1-4(2)3-5/h3-17,25,28,33H,1-2H3;4H,3,5H2,1-2H3. The Morgan fingerprint density at radius 1 is 0.842 bits per heavy atom. The second-order valence-corrected chi connectivity index (χ2v) is 9.70. The molecular formula is C31H35N5O2. The van der Waals surface area contributed by atoms with Gasteiger partial charge in [0.1, 0.15) is 0 Å². The summed E-state index contributed by atoms with van der Waals surface area (Å²) in [6, 6.07) is 28.4. The number of aromatic amines is 1. The Kier molecular flexibility index (Phi) is 8.28. The summed E-state index contributed by atoms with van der Waals surface area (Å²) >= 11 is 0. The topological polar surface area (TPSA) is 106 Å². The van der Waals surface area contributed by atoms with Crippen LogP contribution in [0, 0.1) is 19.8 Å². The first-order valence-corrected chi connectivity index (χ1v) is 12.9. The number of rotatable bonds is 6. The summed E-state index contributed by atoms with van der Waals surface area (Å²) in [6.07, 6.45) is 0. The third kappa shape index (κ3) is 5.48. The van der Waals surface area contributed by atoms with Gasteiger partial charge in [-0.3, -0.25) is 9.89 Å². The summed E-state index contributed by atoms with van der Waals surface area (Å²) in [4.78, 5) is 13.7. The number of para-hydroxylation sites is 2. The van der Waals surface area contributed by atoms with E-state index < -0.39 is 5.92 Å². The van der Waals surface area contributed by atoms with Crippen molar-refractivity contribution in [3.05, 3.63) is 129 Å². The largest absolute Gasteiger partial charge is 0.858 e. The van der Waals surface area contributed by atoms with E-state index in [1.165, 1.54) is 9.36 Å². The predicted octanol–water partition coefficient (Wildman–Crippen LogP) is 4.11. The fourth-order valence-electron chi connectivity index (χ4n) is 4.38. The number of hydrogen-bond donors (Lipinski definition) is 2. The minimum atomic E-state index is -0.551. The van der Waals surface area contributed by atoms with Gasteiger partial charge in [0.25, 0.3) is 5.56 Å². The minimum absolute atomic E-state index is 0.182. The third-order valence-electron chi connectivity index (χ3n) is 6.48. The van der Waals surface area contributed by atoms with Crippen LogP contribution in [0.1, 0.15) is 47.8 Å². The van der Waals surface area contributed by atoms with E-state index in [4.69, 9.17) is 0 Å². The van der Waals surface area contributed by atoms with E-state index in [0.29, 0.717) is 28.2 Å². The highest BCUT2D eigenvalue weighted by Gasteiger charge is 2.29.